The summed E-state index contributed by atoms with van der Waals surface area (Å²) in [5.74, 6) is 6.10. The van der Waals surface area contributed by atoms with E-state index in [9.17, 15) is 9.59 Å². The normalized spacial score (nSPS) is 12.3. The van der Waals surface area contributed by atoms with Crippen molar-refractivity contribution >= 4 is 11.8 Å². The summed E-state index contributed by atoms with van der Waals surface area (Å²) in [5, 5.41) is 0. The lowest BCUT2D eigenvalue weighted by atomic mass is 9.89. The fourth-order valence-electron chi connectivity index (χ4n) is 3.11. The van der Waals surface area contributed by atoms with Crippen molar-refractivity contribution in [3.05, 3.63) is 71.8 Å². The lowest BCUT2D eigenvalue weighted by Gasteiger charge is -2.23. The highest BCUT2D eigenvalue weighted by molar-refractivity contribution is 5.89. The molecule has 3 heteroatoms. The van der Waals surface area contributed by atoms with Crippen LogP contribution in [0.2, 0.25) is 0 Å². The van der Waals surface area contributed by atoms with Crippen LogP contribution >= 0.6 is 0 Å². The molecule has 0 saturated carbocycles. The monoisotopic (exact) mass is 390 g/mol. The van der Waals surface area contributed by atoms with E-state index in [1.807, 2.05) is 36.4 Å². The molecule has 2 aromatic rings. The molecular weight excluding hydrogens is 360 g/mol. The van der Waals surface area contributed by atoms with Gasteiger partial charge in [0.25, 0.3) is 0 Å². The largest absolute Gasteiger partial charge is 0.445 e. The molecule has 0 aliphatic rings. The minimum Gasteiger partial charge on any atom is -0.445 e. The summed E-state index contributed by atoms with van der Waals surface area (Å²) in [5.41, 5.74) is 1.66. The minimum atomic E-state index is -0.542. The van der Waals surface area contributed by atoms with Crippen LogP contribution in [-0.2, 0) is 16.0 Å². The van der Waals surface area contributed by atoms with Crippen molar-refractivity contribution in [1.29, 1.82) is 0 Å². The van der Waals surface area contributed by atoms with Crippen LogP contribution in [0.3, 0.4) is 0 Å². The molecule has 0 aliphatic carbocycles. The SMILES string of the molecule is CCCCC#CC(OC(=O)c1ccccc1)C(CCC(C)=O)Cc1ccccc1. The van der Waals surface area contributed by atoms with E-state index in [2.05, 4.69) is 30.9 Å². The molecular formula is C26H30O3. The van der Waals surface area contributed by atoms with Crippen molar-refractivity contribution in [3.63, 3.8) is 0 Å². The second kappa shape index (κ2) is 12.6. The smallest absolute Gasteiger partial charge is 0.339 e. The molecule has 0 amide bonds. The van der Waals surface area contributed by atoms with E-state index >= 15 is 0 Å². The van der Waals surface area contributed by atoms with Gasteiger partial charge < -0.3 is 9.53 Å². The summed E-state index contributed by atoms with van der Waals surface area (Å²) in [4.78, 5) is 24.3. The molecule has 0 saturated heterocycles. The number of ketones is 1. The number of Topliss-reactive ketones (excluding diaryl/α,β-unsaturated/α-hetero) is 1. The summed E-state index contributed by atoms with van der Waals surface area (Å²) < 4.78 is 5.86. The van der Waals surface area contributed by atoms with E-state index in [4.69, 9.17) is 4.74 Å². The van der Waals surface area contributed by atoms with Gasteiger partial charge >= 0.3 is 5.97 Å². The van der Waals surface area contributed by atoms with Crippen LogP contribution in [-0.4, -0.2) is 17.9 Å². The Hall–Kier alpha value is -2.86. The zero-order chi connectivity index (χ0) is 20.9. The van der Waals surface area contributed by atoms with Crippen molar-refractivity contribution < 1.29 is 14.3 Å². The molecule has 152 valence electrons. The predicted molar refractivity (Wildman–Crippen MR) is 116 cm³/mol. The first-order chi connectivity index (χ1) is 14.1. The molecule has 0 spiro atoms. The number of benzene rings is 2. The van der Waals surface area contributed by atoms with E-state index in [-0.39, 0.29) is 17.7 Å². The predicted octanol–water partition coefficient (Wildman–Crippen LogP) is 5.63. The van der Waals surface area contributed by atoms with Crippen molar-refractivity contribution in [3.8, 4) is 11.8 Å². The standard InChI is InChI=1S/C26H30O3/c1-3-4-5-12-17-25(29-26(28)23-15-10-7-11-16-23)24(19-18-21(2)27)20-22-13-8-6-9-14-22/h6-11,13-16,24-25H,3-5,18-20H2,1-2H3. The number of unbranched alkanes of at least 4 members (excludes halogenated alkanes) is 2. The van der Waals surface area contributed by atoms with Crippen molar-refractivity contribution in [2.24, 2.45) is 5.92 Å². The fraction of sp³-hybridized carbons (Fsp3) is 0.385. The molecule has 0 radical (unpaired) electrons. The molecule has 0 bridgehead atoms. The molecule has 0 N–H and O–H groups in total. The first kappa shape index (κ1) is 22.4. The number of carbonyl (C=O) groups excluding carboxylic acids is 2. The van der Waals surface area contributed by atoms with E-state index in [0.717, 1.165) is 24.8 Å². The molecule has 2 rings (SSSR count). The third-order valence-corrected chi connectivity index (χ3v) is 4.78. The average Bonchev–Trinajstić information content (AvgIpc) is 2.74. The molecule has 0 heterocycles. The van der Waals surface area contributed by atoms with E-state index in [0.29, 0.717) is 24.8 Å². The Balaban J connectivity index is 2.24. The molecule has 2 unspecified atom stereocenters. The Kier molecular flexibility index (Phi) is 9.72. The van der Waals surface area contributed by atoms with Gasteiger partial charge in [-0.3, -0.25) is 0 Å². The molecule has 0 fully saturated rings. The topological polar surface area (TPSA) is 43.4 Å². The van der Waals surface area contributed by atoms with E-state index in [1.165, 1.54) is 0 Å². The number of hydrogen-bond acceptors (Lipinski definition) is 3. The Morgan fingerprint density at radius 2 is 1.66 bits per heavy atom. The minimum absolute atomic E-state index is 0.0388. The summed E-state index contributed by atoms with van der Waals surface area (Å²) in [6.45, 7) is 3.72. The van der Waals surface area contributed by atoms with E-state index in [1.54, 1.807) is 19.1 Å². The fourth-order valence-corrected chi connectivity index (χ4v) is 3.11. The lowest BCUT2D eigenvalue weighted by Crippen LogP contribution is -2.28. The number of carbonyl (C=O) groups is 2. The van der Waals surface area contributed by atoms with Crippen molar-refractivity contribution in [1.82, 2.24) is 0 Å². The van der Waals surface area contributed by atoms with Gasteiger partial charge in [0.2, 0.25) is 0 Å². The quantitative estimate of drug-likeness (QED) is 0.300. The average molecular weight is 391 g/mol. The summed E-state index contributed by atoms with van der Waals surface area (Å²) in [6, 6.07) is 19.1. The third kappa shape index (κ3) is 8.35. The maximum Gasteiger partial charge on any atom is 0.339 e. The molecule has 29 heavy (non-hydrogen) atoms. The van der Waals surface area contributed by atoms with Gasteiger partial charge in [0.1, 0.15) is 5.78 Å². The van der Waals surface area contributed by atoms with Gasteiger partial charge in [-0.15, -0.1) is 0 Å². The zero-order valence-electron chi connectivity index (χ0n) is 17.4. The van der Waals surface area contributed by atoms with Crippen LogP contribution in [0.5, 0.6) is 0 Å². The first-order valence-corrected chi connectivity index (χ1v) is 10.4. The Morgan fingerprint density at radius 1 is 1.00 bits per heavy atom. The highest BCUT2D eigenvalue weighted by Gasteiger charge is 2.25. The van der Waals surface area contributed by atoms with Crippen molar-refractivity contribution in [2.45, 2.75) is 58.5 Å². The van der Waals surface area contributed by atoms with Gasteiger partial charge in [-0.25, -0.2) is 4.79 Å². The van der Waals surface area contributed by atoms with Gasteiger partial charge in [0.15, 0.2) is 6.10 Å². The summed E-state index contributed by atoms with van der Waals surface area (Å²) in [7, 11) is 0. The van der Waals surface area contributed by atoms with Crippen LogP contribution in [0.15, 0.2) is 60.7 Å². The van der Waals surface area contributed by atoms with E-state index < -0.39 is 6.10 Å². The van der Waals surface area contributed by atoms with Crippen LogP contribution in [0.4, 0.5) is 0 Å². The Bertz CT molecular complexity index is 815. The molecule has 2 aromatic carbocycles. The molecule has 3 nitrogen and oxygen atoms in total. The summed E-state index contributed by atoms with van der Waals surface area (Å²) in [6.07, 6.45) is 4.13. The maximum absolute atomic E-state index is 12.7. The van der Waals surface area contributed by atoms with Crippen molar-refractivity contribution in [2.75, 3.05) is 0 Å². The Labute approximate surface area is 174 Å². The van der Waals surface area contributed by atoms with Crippen LogP contribution in [0.25, 0.3) is 0 Å². The van der Waals surface area contributed by atoms with Crippen LogP contribution in [0.1, 0.15) is 61.9 Å². The second-order valence-corrected chi connectivity index (χ2v) is 7.31. The van der Waals surface area contributed by atoms with Gasteiger partial charge in [-0.1, -0.05) is 73.7 Å². The van der Waals surface area contributed by atoms with Gasteiger partial charge in [0, 0.05) is 18.8 Å². The molecule has 2 atom stereocenters. The third-order valence-electron chi connectivity index (χ3n) is 4.78. The summed E-state index contributed by atoms with van der Waals surface area (Å²) >= 11 is 0. The number of ether oxygens (including phenoxy) is 1. The van der Waals surface area contributed by atoms with Gasteiger partial charge in [-0.05, 0) is 43.9 Å². The maximum atomic E-state index is 12.7. The van der Waals surface area contributed by atoms with Crippen LogP contribution in [0, 0.1) is 17.8 Å². The highest BCUT2D eigenvalue weighted by Crippen LogP contribution is 2.22. The van der Waals surface area contributed by atoms with Crippen LogP contribution < -0.4 is 0 Å². The highest BCUT2D eigenvalue weighted by atomic mass is 16.5. The number of esters is 1. The lowest BCUT2D eigenvalue weighted by molar-refractivity contribution is -0.117. The Morgan fingerprint density at radius 3 is 2.28 bits per heavy atom. The first-order valence-electron chi connectivity index (χ1n) is 10.4. The molecule has 0 aromatic heterocycles. The second-order valence-electron chi connectivity index (χ2n) is 7.31. The van der Waals surface area contributed by atoms with Gasteiger partial charge in [-0.2, -0.15) is 0 Å². The molecule has 0 aliphatic heterocycles. The zero-order valence-corrected chi connectivity index (χ0v) is 17.4. The number of hydrogen-bond donors (Lipinski definition) is 0. The van der Waals surface area contributed by atoms with Gasteiger partial charge in [0.05, 0.1) is 5.56 Å². The number of rotatable bonds is 10.